The van der Waals surface area contributed by atoms with E-state index in [1.165, 1.54) is 25.9 Å². The summed E-state index contributed by atoms with van der Waals surface area (Å²) in [6.07, 6.45) is 2.58. The Hall–Kier alpha value is -0.0800. The van der Waals surface area contributed by atoms with E-state index in [9.17, 15) is 0 Å². The lowest BCUT2D eigenvalue weighted by Gasteiger charge is -2.25. The van der Waals surface area contributed by atoms with Crippen molar-refractivity contribution in [2.24, 2.45) is 0 Å². The van der Waals surface area contributed by atoms with E-state index in [2.05, 4.69) is 24.5 Å². The van der Waals surface area contributed by atoms with E-state index in [-0.39, 0.29) is 0 Å². The first kappa shape index (κ1) is 11.9. The molecule has 12 heavy (non-hydrogen) atoms. The van der Waals surface area contributed by atoms with Gasteiger partial charge in [0, 0.05) is 12.1 Å². The normalized spacial score (nSPS) is 18.8. The van der Waals surface area contributed by atoms with Gasteiger partial charge in [-0.2, -0.15) is 0 Å². The zero-order valence-electron chi connectivity index (χ0n) is 8.98. The molecule has 0 saturated carbocycles. The van der Waals surface area contributed by atoms with Gasteiger partial charge in [0.2, 0.25) is 0 Å². The van der Waals surface area contributed by atoms with Crippen LogP contribution in [-0.4, -0.2) is 25.2 Å². The first-order valence-corrected chi connectivity index (χ1v) is 5.26. The van der Waals surface area contributed by atoms with Crippen molar-refractivity contribution in [1.29, 1.82) is 0 Å². The second-order valence-corrected chi connectivity index (χ2v) is 3.35. The summed E-state index contributed by atoms with van der Waals surface area (Å²) in [5.74, 6) is 0. The van der Waals surface area contributed by atoms with Crippen molar-refractivity contribution in [2.45, 2.75) is 52.6 Å². The molecule has 0 aromatic carbocycles. The van der Waals surface area contributed by atoms with Crippen molar-refractivity contribution in [2.75, 3.05) is 13.1 Å². The molecule has 1 fully saturated rings. The summed E-state index contributed by atoms with van der Waals surface area (Å²) >= 11 is 0. The molecule has 0 aromatic heterocycles. The molecule has 0 unspecified atom stereocenters. The zero-order chi connectivity index (χ0) is 9.40. The maximum atomic E-state index is 3.54. The second-order valence-electron chi connectivity index (χ2n) is 3.35. The molecular weight excluding hydrogens is 148 g/mol. The van der Waals surface area contributed by atoms with E-state index in [4.69, 9.17) is 0 Å². The van der Waals surface area contributed by atoms with Crippen LogP contribution >= 0.6 is 0 Å². The lowest BCUT2D eigenvalue weighted by Crippen LogP contribution is -2.42. The lowest BCUT2D eigenvalue weighted by atomic mass is 10.1. The molecule has 0 radical (unpaired) electrons. The maximum Gasteiger partial charge on any atom is 0.00935 e. The van der Waals surface area contributed by atoms with Crippen molar-refractivity contribution in [3.63, 3.8) is 0 Å². The number of nitrogens with one attached hydrogen (secondary N) is 2. The van der Waals surface area contributed by atoms with Gasteiger partial charge < -0.3 is 10.6 Å². The molecule has 2 N–H and O–H groups in total. The van der Waals surface area contributed by atoms with Gasteiger partial charge in [0.1, 0.15) is 0 Å². The van der Waals surface area contributed by atoms with Crippen molar-refractivity contribution >= 4 is 0 Å². The van der Waals surface area contributed by atoms with Gasteiger partial charge in [-0.05, 0) is 25.9 Å². The first-order valence-electron chi connectivity index (χ1n) is 5.26. The Morgan fingerprint density at radius 2 is 1.67 bits per heavy atom. The molecule has 1 rings (SSSR count). The minimum atomic E-state index is 0.642. The molecule has 1 aliphatic heterocycles. The SMILES string of the molecule is CC.CC(C)NC1CCNCC1. The summed E-state index contributed by atoms with van der Waals surface area (Å²) in [5.41, 5.74) is 0. The minimum Gasteiger partial charge on any atom is -0.317 e. The van der Waals surface area contributed by atoms with E-state index in [1.807, 2.05) is 13.8 Å². The smallest absolute Gasteiger partial charge is 0.00935 e. The summed E-state index contributed by atoms with van der Waals surface area (Å²) < 4.78 is 0. The quantitative estimate of drug-likeness (QED) is 0.663. The largest absolute Gasteiger partial charge is 0.317 e. The topological polar surface area (TPSA) is 24.1 Å². The third-order valence-corrected chi connectivity index (χ3v) is 1.91. The number of rotatable bonds is 2. The molecule has 0 bridgehead atoms. The summed E-state index contributed by atoms with van der Waals surface area (Å²) in [5, 5.41) is 6.89. The highest BCUT2D eigenvalue weighted by molar-refractivity contribution is 4.75. The van der Waals surface area contributed by atoms with Gasteiger partial charge in [0.25, 0.3) is 0 Å². The molecule has 1 aliphatic rings. The Balaban J connectivity index is 0.000000561. The van der Waals surface area contributed by atoms with Crippen LogP contribution in [0.3, 0.4) is 0 Å². The molecule has 74 valence electrons. The summed E-state index contributed by atoms with van der Waals surface area (Å²) in [6, 6.07) is 1.41. The fraction of sp³-hybridized carbons (Fsp3) is 1.00. The highest BCUT2D eigenvalue weighted by Crippen LogP contribution is 2.02. The summed E-state index contributed by atoms with van der Waals surface area (Å²) in [6.45, 7) is 10.8. The molecule has 0 aliphatic carbocycles. The van der Waals surface area contributed by atoms with Crippen molar-refractivity contribution in [3.8, 4) is 0 Å². The van der Waals surface area contributed by atoms with E-state index in [1.54, 1.807) is 0 Å². The Kier molecular flexibility index (Phi) is 7.51. The van der Waals surface area contributed by atoms with Gasteiger partial charge in [-0.25, -0.2) is 0 Å². The van der Waals surface area contributed by atoms with Crippen LogP contribution in [0.15, 0.2) is 0 Å². The fourth-order valence-corrected chi connectivity index (χ4v) is 1.46. The second kappa shape index (κ2) is 7.56. The average Bonchev–Trinajstić information content (AvgIpc) is 2.08. The summed E-state index contributed by atoms with van der Waals surface area (Å²) in [4.78, 5) is 0. The van der Waals surface area contributed by atoms with Crippen LogP contribution in [0.4, 0.5) is 0 Å². The van der Waals surface area contributed by atoms with Crippen LogP contribution in [-0.2, 0) is 0 Å². The van der Waals surface area contributed by atoms with E-state index in [0.717, 1.165) is 6.04 Å². The number of hydrogen-bond donors (Lipinski definition) is 2. The molecule has 1 heterocycles. The Bertz CT molecular complexity index is 85.8. The highest BCUT2D eigenvalue weighted by atomic mass is 15.0. The molecule has 2 heteroatoms. The van der Waals surface area contributed by atoms with Gasteiger partial charge in [0.15, 0.2) is 0 Å². The van der Waals surface area contributed by atoms with E-state index < -0.39 is 0 Å². The van der Waals surface area contributed by atoms with Crippen molar-refractivity contribution < 1.29 is 0 Å². The molecule has 0 aromatic rings. The van der Waals surface area contributed by atoms with Crippen LogP contribution in [0.2, 0.25) is 0 Å². The zero-order valence-corrected chi connectivity index (χ0v) is 8.98. The first-order chi connectivity index (χ1) is 5.79. The molecular formula is C10H24N2. The Morgan fingerprint density at radius 3 is 2.08 bits per heavy atom. The average molecular weight is 172 g/mol. The van der Waals surface area contributed by atoms with Gasteiger partial charge in [0.05, 0.1) is 0 Å². The Labute approximate surface area is 77.1 Å². The molecule has 0 amide bonds. The molecule has 2 nitrogen and oxygen atoms in total. The van der Waals surface area contributed by atoms with Crippen molar-refractivity contribution in [3.05, 3.63) is 0 Å². The predicted octanol–water partition coefficient (Wildman–Crippen LogP) is 1.76. The Morgan fingerprint density at radius 1 is 1.17 bits per heavy atom. The third-order valence-electron chi connectivity index (χ3n) is 1.91. The highest BCUT2D eigenvalue weighted by Gasteiger charge is 2.12. The van der Waals surface area contributed by atoms with Gasteiger partial charge in [-0.15, -0.1) is 0 Å². The van der Waals surface area contributed by atoms with Crippen molar-refractivity contribution in [1.82, 2.24) is 10.6 Å². The standard InChI is InChI=1S/C8H18N2.C2H6/c1-7(2)10-8-3-5-9-6-4-8;1-2/h7-10H,3-6H2,1-2H3;1-2H3. The monoisotopic (exact) mass is 172 g/mol. The van der Waals surface area contributed by atoms with E-state index >= 15 is 0 Å². The summed E-state index contributed by atoms with van der Waals surface area (Å²) in [7, 11) is 0. The van der Waals surface area contributed by atoms with Gasteiger partial charge >= 0.3 is 0 Å². The van der Waals surface area contributed by atoms with Crippen LogP contribution in [0.1, 0.15) is 40.5 Å². The lowest BCUT2D eigenvalue weighted by molar-refractivity contribution is 0.364. The number of hydrogen-bond acceptors (Lipinski definition) is 2. The predicted molar refractivity (Wildman–Crippen MR) is 55.5 cm³/mol. The maximum absolute atomic E-state index is 3.54. The fourth-order valence-electron chi connectivity index (χ4n) is 1.46. The molecule has 0 atom stereocenters. The van der Waals surface area contributed by atoms with Crippen LogP contribution in [0.5, 0.6) is 0 Å². The minimum absolute atomic E-state index is 0.642. The van der Waals surface area contributed by atoms with Crippen LogP contribution in [0.25, 0.3) is 0 Å². The molecule has 1 saturated heterocycles. The molecule has 0 spiro atoms. The third kappa shape index (κ3) is 5.56. The van der Waals surface area contributed by atoms with Crippen LogP contribution in [0, 0.1) is 0 Å². The van der Waals surface area contributed by atoms with Crippen LogP contribution < -0.4 is 10.6 Å². The van der Waals surface area contributed by atoms with Gasteiger partial charge in [-0.1, -0.05) is 27.7 Å². The number of piperidine rings is 1. The van der Waals surface area contributed by atoms with E-state index in [0.29, 0.717) is 6.04 Å². The van der Waals surface area contributed by atoms with Gasteiger partial charge in [-0.3, -0.25) is 0 Å².